The van der Waals surface area contributed by atoms with Gasteiger partial charge in [-0.1, -0.05) is 5.16 Å². The predicted molar refractivity (Wildman–Crippen MR) is 72.4 cm³/mol. The zero-order chi connectivity index (χ0) is 16.3. The Bertz CT molecular complexity index is 590. The number of aromatic nitrogens is 1. The van der Waals surface area contributed by atoms with Crippen LogP contribution < -0.4 is 0 Å². The van der Waals surface area contributed by atoms with Crippen molar-refractivity contribution in [2.45, 2.75) is 13.8 Å². The molecule has 0 aromatic carbocycles. The summed E-state index contributed by atoms with van der Waals surface area (Å²) in [6, 6.07) is 0. The minimum atomic E-state index is -0.687. The average Bonchev–Trinajstić information content (AvgIpc) is 2.89. The number of nitro groups is 1. The molecule has 0 spiro atoms. The molecule has 0 bridgehead atoms. The molecule has 0 aliphatic carbocycles. The highest BCUT2D eigenvalue weighted by atomic mass is 16.6. The van der Waals surface area contributed by atoms with Crippen LogP contribution in [-0.2, 0) is 4.74 Å². The van der Waals surface area contributed by atoms with E-state index in [-0.39, 0.29) is 31.2 Å². The van der Waals surface area contributed by atoms with E-state index in [4.69, 9.17) is 9.26 Å². The highest BCUT2D eigenvalue weighted by Gasteiger charge is 2.34. The third-order valence-corrected chi connectivity index (χ3v) is 3.31. The molecule has 1 aliphatic rings. The Morgan fingerprint density at radius 1 is 1.32 bits per heavy atom. The van der Waals surface area contributed by atoms with Gasteiger partial charge in [0.25, 0.3) is 5.91 Å². The van der Waals surface area contributed by atoms with Gasteiger partial charge in [0.2, 0.25) is 11.5 Å². The van der Waals surface area contributed by atoms with E-state index in [9.17, 15) is 19.7 Å². The molecule has 2 heterocycles. The first kappa shape index (κ1) is 15.7. The van der Waals surface area contributed by atoms with Gasteiger partial charge >= 0.3 is 11.8 Å². The Morgan fingerprint density at radius 2 is 1.91 bits per heavy atom. The second kappa shape index (κ2) is 6.41. The summed E-state index contributed by atoms with van der Waals surface area (Å²) in [7, 11) is 0. The molecule has 0 radical (unpaired) electrons. The zero-order valence-electron chi connectivity index (χ0n) is 12.3. The van der Waals surface area contributed by atoms with Gasteiger partial charge < -0.3 is 19.1 Å². The van der Waals surface area contributed by atoms with Crippen molar-refractivity contribution in [3.05, 3.63) is 21.6 Å². The molecule has 1 fully saturated rings. The maximum atomic E-state index is 12.3. The topological polar surface area (TPSA) is 119 Å². The van der Waals surface area contributed by atoms with Gasteiger partial charge in [-0.05, 0) is 6.92 Å². The summed E-state index contributed by atoms with van der Waals surface area (Å²) in [6.07, 6.45) is -0.433. The Hall–Kier alpha value is -2.65. The smallest absolute Gasteiger partial charge is 0.409 e. The van der Waals surface area contributed by atoms with Crippen molar-refractivity contribution in [2.75, 3.05) is 32.8 Å². The maximum absolute atomic E-state index is 12.3. The maximum Gasteiger partial charge on any atom is 0.409 e. The molecule has 0 unspecified atom stereocenters. The number of carbonyl (C=O) groups excluding carboxylic acids is 2. The van der Waals surface area contributed by atoms with Crippen molar-refractivity contribution in [1.82, 2.24) is 15.0 Å². The van der Waals surface area contributed by atoms with Crippen LogP contribution in [0.4, 0.5) is 10.5 Å². The van der Waals surface area contributed by atoms with Crippen molar-refractivity contribution in [2.24, 2.45) is 0 Å². The van der Waals surface area contributed by atoms with Gasteiger partial charge in [0.05, 0.1) is 11.5 Å². The Labute approximate surface area is 125 Å². The third kappa shape index (κ3) is 3.00. The molecule has 120 valence electrons. The van der Waals surface area contributed by atoms with Crippen LogP contribution in [0.15, 0.2) is 4.52 Å². The fourth-order valence-corrected chi connectivity index (χ4v) is 2.18. The number of piperazine rings is 1. The van der Waals surface area contributed by atoms with Crippen molar-refractivity contribution in [3.63, 3.8) is 0 Å². The van der Waals surface area contributed by atoms with Crippen LogP contribution in [0, 0.1) is 17.0 Å². The summed E-state index contributed by atoms with van der Waals surface area (Å²) in [4.78, 5) is 37.0. The molecule has 10 nitrogen and oxygen atoms in total. The lowest BCUT2D eigenvalue weighted by Crippen LogP contribution is -2.50. The quantitative estimate of drug-likeness (QED) is 0.598. The molecule has 0 saturated carbocycles. The first-order valence-corrected chi connectivity index (χ1v) is 6.77. The van der Waals surface area contributed by atoms with Gasteiger partial charge in [0.15, 0.2) is 0 Å². The van der Waals surface area contributed by atoms with Crippen molar-refractivity contribution in [3.8, 4) is 0 Å². The van der Waals surface area contributed by atoms with Crippen molar-refractivity contribution in [1.29, 1.82) is 0 Å². The minimum Gasteiger partial charge on any atom is -0.450 e. The van der Waals surface area contributed by atoms with E-state index in [1.165, 1.54) is 16.7 Å². The van der Waals surface area contributed by atoms with E-state index in [2.05, 4.69) is 5.16 Å². The summed E-state index contributed by atoms with van der Waals surface area (Å²) in [5, 5.41) is 14.5. The Kier molecular flexibility index (Phi) is 4.59. The van der Waals surface area contributed by atoms with Crippen molar-refractivity contribution < 1.29 is 23.8 Å². The lowest BCUT2D eigenvalue weighted by molar-refractivity contribution is -0.386. The molecule has 2 amide bonds. The predicted octanol–water partition coefficient (Wildman–Crippen LogP) is 0.806. The van der Waals surface area contributed by atoms with Crippen LogP contribution in [0.1, 0.15) is 23.2 Å². The Morgan fingerprint density at radius 3 is 2.45 bits per heavy atom. The standard InChI is InChI=1S/C12H16N4O6/c1-3-21-12(18)15-6-4-14(5-7-15)11(17)9-10(16(19)20)8(2)22-13-9/h3-7H2,1-2H3. The summed E-state index contributed by atoms with van der Waals surface area (Å²) in [6.45, 7) is 4.47. The highest BCUT2D eigenvalue weighted by Crippen LogP contribution is 2.24. The van der Waals surface area contributed by atoms with Gasteiger partial charge in [-0.3, -0.25) is 14.9 Å². The number of rotatable bonds is 3. The minimum absolute atomic E-state index is 0.0153. The summed E-state index contributed by atoms with van der Waals surface area (Å²) in [5.41, 5.74) is -0.732. The number of amides is 2. The summed E-state index contributed by atoms with van der Waals surface area (Å²) < 4.78 is 9.62. The molecular formula is C12H16N4O6. The van der Waals surface area contributed by atoms with Gasteiger partial charge in [0.1, 0.15) is 0 Å². The van der Waals surface area contributed by atoms with E-state index in [0.29, 0.717) is 13.1 Å². The van der Waals surface area contributed by atoms with E-state index < -0.39 is 22.6 Å². The van der Waals surface area contributed by atoms with Crippen LogP contribution in [-0.4, -0.2) is 64.7 Å². The van der Waals surface area contributed by atoms with Crippen LogP contribution >= 0.6 is 0 Å². The van der Waals surface area contributed by atoms with E-state index in [0.717, 1.165) is 0 Å². The number of aryl methyl sites for hydroxylation is 1. The monoisotopic (exact) mass is 312 g/mol. The lowest BCUT2D eigenvalue weighted by Gasteiger charge is -2.33. The van der Waals surface area contributed by atoms with E-state index in [1.807, 2.05) is 0 Å². The number of nitrogens with zero attached hydrogens (tertiary/aromatic N) is 4. The molecule has 1 saturated heterocycles. The molecule has 1 aromatic rings. The van der Waals surface area contributed by atoms with E-state index >= 15 is 0 Å². The second-order valence-corrected chi connectivity index (χ2v) is 4.67. The molecule has 0 N–H and O–H groups in total. The fourth-order valence-electron chi connectivity index (χ4n) is 2.18. The van der Waals surface area contributed by atoms with Crippen LogP contribution in [0.2, 0.25) is 0 Å². The average molecular weight is 312 g/mol. The zero-order valence-corrected chi connectivity index (χ0v) is 12.3. The highest BCUT2D eigenvalue weighted by molar-refractivity contribution is 5.96. The molecule has 22 heavy (non-hydrogen) atoms. The number of ether oxygens (including phenoxy) is 1. The van der Waals surface area contributed by atoms with Crippen molar-refractivity contribution >= 4 is 17.7 Å². The third-order valence-electron chi connectivity index (χ3n) is 3.31. The van der Waals surface area contributed by atoms with Crippen LogP contribution in [0.3, 0.4) is 0 Å². The summed E-state index contributed by atoms with van der Waals surface area (Å²) in [5.74, 6) is -0.592. The number of carbonyl (C=O) groups is 2. The molecule has 1 aliphatic heterocycles. The number of hydrogen-bond donors (Lipinski definition) is 0. The molecular weight excluding hydrogens is 296 g/mol. The fraction of sp³-hybridized carbons (Fsp3) is 0.583. The molecule has 2 rings (SSSR count). The van der Waals surface area contributed by atoms with Crippen LogP contribution in [0.25, 0.3) is 0 Å². The largest absolute Gasteiger partial charge is 0.450 e. The SMILES string of the molecule is CCOC(=O)N1CCN(C(=O)c2noc(C)c2[N+](=O)[O-])CC1. The van der Waals surface area contributed by atoms with Gasteiger partial charge in [-0.15, -0.1) is 0 Å². The Balaban J connectivity index is 2.04. The van der Waals surface area contributed by atoms with Gasteiger partial charge in [0, 0.05) is 33.1 Å². The molecule has 1 aromatic heterocycles. The van der Waals surface area contributed by atoms with Gasteiger partial charge in [-0.25, -0.2) is 4.79 Å². The lowest BCUT2D eigenvalue weighted by atomic mass is 10.2. The molecule has 0 atom stereocenters. The van der Waals surface area contributed by atoms with Crippen LogP contribution in [0.5, 0.6) is 0 Å². The normalized spacial score (nSPS) is 14.8. The number of hydrogen-bond acceptors (Lipinski definition) is 7. The van der Waals surface area contributed by atoms with E-state index in [1.54, 1.807) is 6.92 Å². The second-order valence-electron chi connectivity index (χ2n) is 4.67. The first-order chi connectivity index (χ1) is 10.5. The van der Waals surface area contributed by atoms with Gasteiger partial charge in [-0.2, -0.15) is 0 Å². The first-order valence-electron chi connectivity index (χ1n) is 6.77. The molecule has 10 heteroatoms. The summed E-state index contributed by atoms with van der Waals surface area (Å²) >= 11 is 0.